The van der Waals surface area contributed by atoms with E-state index in [1.807, 2.05) is 4.90 Å². The zero-order chi connectivity index (χ0) is 27.4. The number of anilines is 2. The molecule has 206 valence electrons. The molecule has 4 rings (SSSR count). The topological polar surface area (TPSA) is 88.0 Å². The van der Waals surface area contributed by atoms with Gasteiger partial charge in [0.05, 0.1) is 11.0 Å². The highest BCUT2D eigenvalue weighted by molar-refractivity contribution is 5.77. The van der Waals surface area contributed by atoms with E-state index in [0.29, 0.717) is 38.8 Å². The Morgan fingerprint density at radius 3 is 2.32 bits per heavy atom. The molecule has 11 heteroatoms. The van der Waals surface area contributed by atoms with Crippen molar-refractivity contribution in [3.05, 3.63) is 63.2 Å². The highest BCUT2D eigenvalue weighted by Gasteiger charge is 2.38. The number of nitro benzene ring substituents is 1. The maximum atomic E-state index is 13.2. The number of ether oxygens (including phenoxy) is 1. The van der Waals surface area contributed by atoms with Gasteiger partial charge in [0.2, 0.25) is 5.91 Å². The van der Waals surface area contributed by atoms with Crippen molar-refractivity contribution in [3.63, 3.8) is 0 Å². The highest BCUT2D eigenvalue weighted by Crippen LogP contribution is 2.38. The van der Waals surface area contributed by atoms with Crippen molar-refractivity contribution in [1.29, 1.82) is 0 Å². The summed E-state index contributed by atoms with van der Waals surface area (Å²) in [4.78, 5) is 26.7. The Kier molecular flexibility index (Phi) is 8.44. The van der Waals surface area contributed by atoms with Gasteiger partial charge in [0.15, 0.2) is 0 Å². The van der Waals surface area contributed by atoms with Gasteiger partial charge in [-0.1, -0.05) is 6.07 Å². The van der Waals surface area contributed by atoms with E-state index in [0.717, 1.165) is 25.2 Å². The minimum atomic E-state index is -4.81. The second-order valence-corrected chi connectivity index (χ2v) is 10.1. The molecule has 1 aliphatic heterocycles. The van der Waals surface area contributed by atoms with Crippen LogP contribution in [0.5, 0.6) is 0 Å². The van der Waals surface area contributed by atoms with E-state index in [1.54, 1.807) is 0 Å². The van der Waals surface area contributed by atoms with Gasteiger partial charge in [0.25, 0.3) is 5.69 Å². The Morgan fingerprint density at radius 1 is 1.03 bits per heavy atom. The Labute approximate surface area is 219 Å². The second kappa shape index (κ2) is 11.6. The number of rotatable bonds is 7. The summed E-state index contributed by atoms with van der Waals surface area (Å²) in [5, 5.41) is 14.0. The van der Waals surface area contributed by atoms with Gasteiger partial charge >= 0.3 is 6.18 Å². The molecule has 2 aliphatic rings. The van der Waals surface area contributed by atoms with Crippen molar-refractivity contribution in [2.75, 3.05) is 43.0 Å². The zero-order valence-electron chi connectivity index (χ0n) is 21.6. The minimum Gasteiger partial charge on any atom is -0.382 e. The van der Waals surface area contributed by atoms with E-state index in [2.05, 4.69) is 42.3 Å². The highest BCUT2D eigenvalue weighted by atomic mass is 19.4. The summed E-state index contributed by atoms with van der Waals surface area (Å²) in [6.45, 7) is 7.02. The number of nitro groups is 1. The third-order valence-corrected chi connectivity index (χ3v) is 7.47. The summed E-state index contributed by atoms with van der Waals surface area (Å²) in [5.41, 5.74) is 1.64. The Morgan fingerprint density at radius 2 is 1.71 bits per heavy atom. The van der Waals surface area contributed by atoms with Crippen LogP contribution in [0.4, 0.5) is 30.2 Å². The molecule has 0 atom stereocenters. The normalized spacial score (nSPS) is 20.3. The monoisotopic (exact) mass is 534 g/mol. The van der Waals surface area contributed by atoms with E-state index in [1.165, 1.54) is 22.9 Å². The molecule has 0 aromatic heterocycles. The molecule has 1 N–H and O–H groups in total. The van der Waals surface area contributed by atoms with Crippen LogP contribution in [0.1, 0.15) is 42.4 Å². The third kappa shape index (κ3) is 6.75. The molecule has 1 aliphatic carbocycles. The Balaban J connectivity index is 1.20. The molecule has 1 saturated carbocycles. The van der Waals surface area contributed by atoms with E-state index >= 15 is 0 Å². The number of aryl methyl sites for hydroxylation is 2. The van der Waals surface area contributed by atoms with Crippen LogP contribution in [0.25, 0.3) is 0 Å². The number of hydrogen-bond acceptors (Lipinski definition) is 6. The number of alkyl halides is 3. The molecule has 0 radical (unpaired) electrons. The van der Waals surface area contributed by atoms with Crippen LogP contribution in [-0.4, -0.2) is 60.7 Å². The number of piperazine rings is 1. The first-order chi connectivity index (χ1) is 18.0. The van der Waals surface area contributed by atoms with Gasteiger partial charge in [-0.2, -0.15) is 13.2 Å². The summed E-state index contributed by atoms with van der Waals surface area (Å²) >= 11 is 0. The van der Waals surface area contributed by atoms with Crippen molar-refractivity contribution in [3.8, 4) is 0 Å². The number of hydrogen-bond donors (Lipinski definition) is 1. The van der Waals surface area contributed by atoms with Gasteiger partial charge < -0.3 is 19.9 Å². The van der Waals surface area contributed by atoms with E-state index in [9.17, 15) is 28.1 Å². The van der Waals surface area contributed by atoms with Gasteiger partial charge in [-0.25, -0.2) is 0 Å². The lowest BCUT2D eigenvalue weighted by atomic mass is 9.92. The molecule has 1 heterocycles. The molecule has 38 heavy (non-hydrogen) atoms. The van der Waals surface area contributed by atoms with E-state index < -0.39 is 22.4 Å². The summed E-state index contributed by atoms with van der Waals surface area (Å²) in [5.74, 6) is -0.0319. The fourth-order valence-corrected chi connectivity index (χ4v) is 5.04. The van der Waals surface area contributed by atoms with Crippen molar-refractivity contribution in [2.24, 2.45) is 0 Å². The first-order valence-corrected chi connectivity index (χ1v) is 12.8. The molecule has 1 amide bonds. The van der Waals surface area contributed by atoms with Crippen LogP contribution in [-0.2, 0) is 15.7 Å². The Hall–Kier alpha value is -3.34. The van der Waals surface area contributed by atoms with Crippen LogP contribution < -0.4 is 10.2 Å². The average molecular weight is 535 g/mol. The number of carbonyl (C=O) groups is 1. The number of nitrogens with one attached hydrogen (secondary N) is 1. The lowest BCUT2D eigenvalue weighted by Crippen LogP contribution is -2.50. The third-order valence-electron chi connectivity index (χ3n) is 7.47. The maximum Gasteiger partial charge on any atom is 0.423 e. The molecule has 2 aromatic carbocycles. The molecule has 8 nitrogen and oxygen atoms in total. The molecule has 1 saturated heterocycles. The zero-order valence-corrected chi connectivity index (χ0v) is 21.6. The molecule has 0 spiro atoms. The summed E-state index contributed by atoms with van der Waals surface area (Å²) in [6.07, 6.45) is -2.24. The van der Waals surface area contributed by atoms with Crippen LogP contribution in [0.3, 0.4) is 0 Å². The van der Waals surface area contributed by atoms with E-state index in [4.69, 9.17) is 4.74 Å². The lowest BCUT2D eigenvalue weighted by molar-refractivity contribution is -0.388. The van der Waals surface area contributed by atoms with E-state index in [-0.39, 0.29) is 30.3 Å². The molecule has 0 bridgehead atoms. The van der Waals surface area contributed by atoms with Crippen LogP contribution in [0.15, 0.2) is 36.4 Å². The van der Waals surface area contributed by atoms with Gasteiger partial charge in [0, 0.05) is 49.7 Å². The SMILES string of the molecule is Cc1ccc(N2CCN(C(=O)COC3CCC(Nc4ccc([N+](=O)[O-])c(C(F)(F)F)c4)CC3)CC2)cc1C. The number of carbonyl (C=O) groups excluding carboxylic acids is 1. The van der Waals surface area contributed by atoms with Crippen LogP contribution in [0.2, 0.25) is 0 Å². The first kappa shape index (κ1) is 27.7. The average Bonchev–Trinajstić information content (AvgIpc) is 2.89. The smallest absolute Gasteiger partial charge is 0.382 e. The van der Waals surface area contributed by atoms with Gasteiger partial charge in [-0.15, -0.1) is 0 Å². The first-order valence-electron chi connectivity index (χ1n) is 12.8. The fraction of sp³-hybridized carbons (Fsp3) is 0.519. The van der Waals surface area contributed by atoms with Crippen LogP contribution in [0, 0.1) is 24.0 Å². The summed E-state index contributed by atoms with van der Waals surface area (Å²) in [7, 11) is 0. The molecule has 0 unspecified atom stereocenters. The van der Waals surface area contributed by atoms with Gasteiger partial charge in [-0.05, 0) is 74.9 Å². The standard InChI is InChI=1S/C27H33F3N4O4/c1-18-3-7-22(15-19(18)2)32-11-13-33(14-12-32)26(35)17-38-23-8-4-20(5-9-23)31-21-6-10-25(34(36)37)24(16-21)27(28,29)30/h3,6-7,10,15-16,20,23,31H,4-5,8-9,11-14,17H2,1-2H3. The number of halogens is 3. The predicted molar refractivity (Wildman–Crippen MR) is 138 cm³/mol. The van der Waals surface area contributed by atoms with Gasteiger partial charge in [0.1, 0.15) is 12.2 Å². The lowest BCUT2D eigenvalue weighted by Gasteiger charge is -2.36. The fourth-order valence-electron chi connectivity index (χ4n) is 5.04. The number of benzene rings is 2. The van der Waals surface area contributed by atoms with Crippen LogP contribution >= 0.6 is 0 Å². The van der Waals surface area contributed by atoms with Crippen molar-refractivity contribution in [1.82, 2.24) is 4.90 Å². The largest absolute Gasteiger partial charge is 0.423 e. The van der Waals surface area contributed by atoms with Gasteiger partial charge in [-0.3, -0.25) is 14.9 Å². The Bertz CT molecular complexity index is 1160. The van der Waals surface area contributed by atoms with Crippen molar-refractivity contribution >= 4 is 23.0 Å². The molecule has 2 fully saturated rings. The summed E-state index contributed by atoms with van der Waals surface area (Å²) < 4.78 is 45.6. The van der Waals surface area contributed by atoms with Crippen molar-refractivity contribution < 1.29 is 27.6 Å². The molecule has 2 aromatic rings. The number of amides is 1. The molecular weight excluding hydrogens is 501 g/mol. The number of nitrogens with zero attached hydrogens (tertiary/aromatic N) is 3. The van der Waals surface area contributed by atoms with Crippen molar-refractivity contribution in [2.45, 2.75) is 57.9 Å². The minimum absolute atomic E-state index is 0.0176. The molecular formula is C27H33F3N4O4. The maximum absolute atomic E-state index is 13.2. The predicted octanol–water partition coefficient (Wildman–Crippen LogP) is 5.32. The quantitative estimate of drug-likeness (QED) is 0.382. The summed E-state index contributed by atoms with van der Waals surface area (Å²) in [6, 6.07) is 9.31. The second-order valence-electron chi connectivity index (χ2n) is 10.1.